The first-order valence-corrected chi connectivity index (χ1v) is 11.8. The molecule has 1 aliphatic heterocycles. The van der Waals surface area contributed by atoms with Gasteiger partial charge in [0.1, 0.15) is 0 Å². The largest absolute Gasteiger partial charge is 0.320 e. The van der Waals surface area contributed by atoms with Crippen LogP contribution in [0.25, 0.3) is 11.3 Å². The van der Waals surface area contributed by atoms with E-state index in [4.69, 9.17) is 0 Å². The minimum absolute atomic E-state index is 0.267. The van der Waals surface area contributed by atoms with E-state index < -0.39 is 10.0 Å². The molecule has 0 aliphatic carbocycles. The third-order valence-electron chi connectivity index (χ3n) is 4.83. The van der Waals surface area contributed by atoms with Crippen LogP contribution < -0.4 is 5.32 Å². The Bertz CT molecular complexity index is 1090. The van der Waals surface area contributed by atoms with Gasteiger partial charge in [0.15, 0.2) is 5.01 Å². The summed E-state index contributed by atoms with van der Waals surface area (Å²) in [6, 6.07) is 15.9. The van der Waals surface area contributed by atoms with Crippen LogP contribution in [0.4, 0.5) is 5.69 Å². The minimum Gasteiger partial charge on any atom is -0.320 e. The average molecular weight is 428 g/mol. The molecule has 29 heavy (non-hydrogen) atoms. The Morgan fingerprint density at radius 3 is 2.34 bits per heavy atom. The van der Waals surface area contributed by atoms with Crippen LogP contribution in [0.15, 0.2) is 64.9 Å². The molecule has 8 heteroatoms. The van der Waals surface area contributed by atoms with Crippen LogP contribution in [-0.4, -0.2) is 36.7 Å². The van der Waals surface area contributed by atoms with Crippen LogP contribution in [-0.2, 0) is 10.0 Å². The van der Waals surface area contributed by atoms with Gasteiger partial charge in [-0.2, -0.15) is 4.31 Å². The fraction of sp³-hybridized carbons (Fsp3) is 0.238. The van der Waals surface area contributed by atoms with E-state index >= 15 is 0 Å². The molecule has 150 valence electrons. The van der Waals surface area contributed by atoms with Gasteiger partial charge < -0.3 is 5.32 Å². The summed E-state index contributed by atoms with van der Waals surface area (Å²) in [6.45, 7) is 1.16. The molecule has 0 radical (unpaired) electrons. The molecule has 1 amide bonds. The molecular formula is C21H21N3O3S2. The van der Waals surface area contributed by atoms with Gasteiger partial charge in [0.05, 0.1) is 10.6 Å². The number of amides is 1. The molecule has 0 bridgehead atoms. The van der Waals surface area contributed by atoms with Crippen molar-refractivity contribution < 1.29 is 13.2 Å². The van der Waals surface area contributed by atoms with Crippen LogP contribution in [0.2, 0.25) is 0 Å². The molecule has 1 saturated heterocycles. The number of rotatable bonds is 5. The van der Waals surface area contributed by atoms with Gasteiger partial charge in [-0.1, -0.05) is 36.8 Å². The second-order valence-corrected chi connectivity index (χ2v) is 9.64. The first-order chi connectivity index (χ1) is 14.0. The number of para-hydroxylation sites is 1. The number of hydrogen-bond donors (Lipinski definition) is 1. The normalized spacial score (nSPS) is 15.2. The third kappa shape index (κ3) is 4.39. The van der Waals surface area contributed by atoms with Gasteiger partial charge in [-0.3, -0.25) is 4.79 Å². The SMILES string of the molecule is O=C(Nc1ccccc1)c1nc(-c2ccc(S(=O)(=O)N3CCCCC3)cc2)cs1. The molecule has 1 fully saturated rings. The lowest BCUT2D eigenvalue weighted by Gasteiger charge is -2.25. The zero-order chi connectivity index (χ0) is 20.3. The van der Waals surface area contributed by atoms with E-state index in [9.17, 15) is 13.2 Å². The predicted molar refractivity (Wildman–Crippen MR) is 115 cm³/mol. The number of benzene rings is 2. The van der Waals surface area contributed by atoms with E-state index in [-0.39, 0.29) is 5.91 Å². The molecule has 6 nitrogen and oxygen atoms in total. The molecule has 2 aromatic carbocycles. The van der Waals surface area contributed by atoms with E-state index in [2.05, 4.69) is 10.3 Å². The summed E-state index contributed by atoms with van der Waals surface area (Å²) in [7, 11) is -3.45. The number of aromatic nitrogens is 1. The number of carbonyl (C=O) groups excluding carboxylic acids is 1. The monoisotopic (exact) mass is 427 g/mol. The average Bonchev–Trinajstić information content (AvgIpc) is 3.26. The highest BCUT2D eigenvalue weighted by atomic mass is 32.2. The summed E-state index contributed by atoms with van der Waals surface area (Å²) >= 11 is 1.25. The van der Waals surface area contributed by atoms with Crippen molar-refractivity contribution in [3.63, 3.8) is 0 Å². The van der Waals surface area contributed by atoms with Crippen LogP contribution in [0, 0.1) is 0 Å². The highest BCUT2D eigenvalue weighted by Crippen LogP contribution is 2.26. The predicted octanol–water partition coefficient (Wildman–Crippen LogP) is 4.24. The van der Waals surface area contributed by atoms with Gasteiger partial charge in [0.25, 0.3) is 5.91 Å². The second kappa shape index (κ2) is 8.44. The number of anilines is 1. The third-order valence-corrected chi connectivity index (χ3v) is 7.59. The minimum atomic E-state index is -3.45. The van der Waals surface area contributed by atoms with Crippen molar-refractivity contribution in [2.24, 2.45) is 0 Å². The fourth-order valence-corrected chi connectivity index (χ4v) is 5.51. The van der Waals surface area contributed by atoms with Crippen molar-refractivity contribution >= 4 is 33.0 Å². The summed E-state index contributed by atoms with van der Waals surface area (Å²) in [5.41, 5.74) is 2.13. The molecule has 0 saturated carbocycles. The first-order valence-electron chi connectivity index (χ1n) is 9.46. The maximum Gasteiger partial charge on any atom is 0.284 e. The smallest absolute Gasteiger partial charge is 0.284 e. The summed E-state index contributed by atoms with van der Waals surface area (Å²) < 4.78 is 27.1. The standard InChI is InChI=1S/C21H21N3O3S2/c25-20(22-17-7-3-1-4-8-17)21-23-19(15-28-21)16-9-11-18(12-10-16)29(26,27)24-13-5-2-6-14-24/h1,3-4,7-12,15H,2,5-6,13-14H2,(H,22,25). The molecule has 4 rings (SSSR count). The summed E-state index contributed by atoms with van der Waals surface area (Å²) in [4.78, 5) is 17.1. The van der Waals surface area contributed by atoms with Crippen molar-refractivity contribution in [2.75, 3.05) is 18.4 Å². The Hall–Kier alpha value is -2.55. The zero-order valence-corrected chi connectivity index (χ0v) is 17.4. The zero-order valence-electron chi connectivity index (χ0n) is 15.7. The van der Waals surface area contributed by atoms with E-state index in [0.29, 0.717) is 34.4 Å². The topological polar surface area (TPSA) is 79.4 Å². The molecular weight excluding hydrogens is 406 g/mol. The van der Waals surface area contributed by atoms with Gasteiger partial charge in [0, 0.05) is 29.7 Å². The quantitative estimate of drug-likeness (QED) is 0.661. The van der Waals surface area contributed by atoms with Crippen molar-refractivity contribution in [1.29, 1.82) is 0 Å². The van der Waals surface area contributed by atoms with Gasteiger partial charge in [0.2, 0.25) is 10.0 Å². The van der Waals surface area contributed by atoms with Crippen LogP contribution in [0.3, 0.4) is 0 Å². The molecule has 0 unspecified atom stereocenters. The molecule has 1 aromatic heterocycles. The summed E-state index contributed by atoms with van der Waals surface area (Å²) in [6.07, 6.45) is 2.89. The lowest BCUT2D eigenvalue weighted by Crippen LogP contribution is -2.35. The van der Waals surface area contributed by atoms with Gasteiger partial charge in [-0.25, -0.2) is 13.4 Å². The summed E-state index contributed by atoms with van der Waals surface area (Å²) in [5.74, 6) is -0.267. The highest BCUT2D eigenvalue weighted by molar-refractivity contribution is 7.89. The second-order valence-electron chi connectivity index (χ2n) is 6.85. The van der Waals surface area contributed by atoms with E-state index in [0.717, 1.165) is 24.8 Å². The van der Waals surface area contributed by atoms with Crippen molar-refractivity contribution in [2.45, 2.75) is 24.2 Å². The highest BCUT2D eigenvalue weighted by Gasteiger charge is 2.25. The fourth-order valence-electron chi connectivity index (χ4n) is 3.27. The van der Waals surface area contributed by atoms with Gasteiger partial charge in [-0.05, 0) is 37.1 Å². The Kier molecular flexibility index (Phi) is 5.75. The number of sulfonamides is 1. The Labute approximate surface area is 174 Å². The maximum atomic E-state index is 12.8. The number of hydrogen-bond acceptors (Lipinski definition) is 5. The van der Waals surface area contributed by atoms with Crippen molar-refractivity contribution in [1.82, 2.24) is 9.29 Å². The molecule has 3 aromatic rings. The molecule has 0 atom stereocenters. The Morgan fingerprint density at radius 2 is 1.66 bits per heavy atom. The molecule has 2 heterocycles. The van der Waals surface area contributed by atoms with Gasteiger partial charge >= 0.3 is 0 Å². The number of carbonyl (C=O) groups is 1. The lowest BCUT2D eigenvalue weighted by atomic mass is 10.2. The number of nitrogens with one attached hydrogen (secondary N) is 1. The number of piperidine rings is 1. The number of nitrogens with zero attached hydrogens (tertiary/aromatic N) is 2. The molecule has 1 aliphatic rings. The summed E-state index contributed by atoms with van der Waals surface area (Å²) in [5, 5.41) is 4.97. The van der Waals surface area contributed by atoms with Gasteiger partial charge in [-0.15, -0.1) is 11.3 Å². The van der Waals surface area contributed by atoms with E-state index in [1.165, 1.54) is 11.3 Å². The Morgan fingerprint density at radius 1 is 0.966 bits per heavy atom. The molecule has 0 spiro atoms. The van der Waals surface area contributed by atoms with E-state index in [1.54, 1.807) is 34.0 Å². The van der Waals surface area contributed by atoms with Crippen molar-refractivity contribution in [3.05, 3.63) is 65.0 Å². The van der Waals surface area contributed by atoms with E-state index in [1.807, 2.05) is 30.3 Å². The van der Waals surface area contributed by atoms with Crippen LogP contribution >= 0.6 is 11.3 Å². The van der Waals surface area contributed by atoms with Crippen LogP contribution in [0.5, 0.6) is 0 Å². The first kappa shape index (κ1) is 19.8. The maximum absolute atomic E-state index is 12.8. The number of thiazole rings is 1. The lowest BCUT2D eigenvalue weighted by molar-refractivity contribution is 0.102. The molecule has 1 N–H and O–H groups in total. The van der Waals surface area contributed by atoms with Crippen molar-refractivity contribution in [3.8, 4) is 11.3 Å². The van der Waals surface area contributed by atoms with Crippen LogP contribution in [0.1, 0.15) is 29.1 Å². The Balaban J connectivity index is 1.49.